The Hall–Kier alpha value is -0.990. The zero-order chi connectivity index (χ0) is 13.7. The zero-order valence-corrected chi connectivity index (χ0v) is 10.2. The molecule has 0 aromatic heterocycles. The maximum atomic E-state index is 11.1. The number of carbonyl (C=O) groups excluding carboxylic acids is 1. The minimum atomic E-state index is -1.30. The van der Waals surface area contributed by atoms with E-state index in [1.54, 1.807) is 0 Å². The molecule has 1 rings (SSSR count). The number of rotatable bonds is 5. The normalized spacial score (nSPS) is 36.1. The fourth-order valence-electron chi connectivity index (χ4n) is 1.78. The van der Waals surface area contributed by atoms with Gasteiger partial charge in [-0.25, -0.2) is 0 Å². The van der Waals surface area contributed by atoms with Crippen LogP contribution in [0.25, 0.3) is 0 Å². The lowest BCUT2D eigenvalue weighted by atomic mass is 9.97. The number of ether oxygens (including phenoxy) is 2. The summed E-state index contributed by atoms with van der Waals surface area (Å²) in [6, 6.07) is -0.903. The van der Waals surface area contributed by atoms with Crippen molar-refractivity contribution in [1.82, 2.24) is 5.32 Å². The Morgan fingerprint density at radius 2 is 2.17 bits per heavy atom. The lowest BCUT2D eigenvalue weighted by molar-refractivity contribution is -0.267. The zero-order valence-electron chi connectivity index (χ0n) is 10.2. The molecule has 0 aromatic carbocycles. The summed E-state index contributed by atoms with van der Waals surface area (Å²) >= 11 is 0. The predicted molar refractivity (Wildman–Crippen MR) is 61.5 cm³/mol. The summed E-state index contributed by atoms with van der Waals surface area (Å²) in [6.45, 7) is 4.45. The molecule has 0 saturated carbocycles. The largest absolute Gasteiger partial charge is 0.394 e. The van der Waals surface area contributed by atoms with E-state index in [1.807, 2.05) is 0 Å². The molecule has 3 unspecified atom stereocenters. The Morgan fingerprint density at radius 3 is 2.67 bits per heavy atom. The average Bonchev–Trinajstić information content (AvgIpc) is 2.33. The Balaban J connectivity index is 2.79. The van der Waals surface area contributed by atoms with E-state index < -0.39 is 37.3 Å². The number of nitrogens with one attached hydrogen (secondary N) is 1. The second-order valence-corrected chi connectivity index (χ2v) is 4.05. The molecule has 4 N–H and O–H groups in total. The molecule has 7 nitrogen and oxygen atoms in total. The van der Waals surface area contributed by atoms with E-state index in [2.05, 4.69) is 11.9 Å². The van der Waals surface area contributed by atoms with Crippen LogP contribution in [-0.2, 0) is 14.3 Å². The van der Waals surface area contributed by atoms with Crippen molar-refractivity contribution in [3.8, 4) is 0 Å². The number of carbonyl (C=O) groups is 1. The van der Waals surface area contributed by atoms with Crippen LogP contribution in [0, 0.1) is 0 Å². The van der Waals surface area contributed by atoms with Crippen LogP contribution in [0.15, 0.2) is 12.7 Å². The molecule has 1 amide bonds. The quantitative estimate of drug-likeness (QED) is 0.432. The van der Waals surface area contributed by atoms with E-state index in [-0.39, 0.29) is 12.5 Å². The van der Waals surface area contributed by atoms with Gasteiger partial charge in [-0.05, 0) is 0 Å². The van der Waals surface area contributed by atoms with Crippen LogP contribution >= 0.6 is 0 Å². The Bertz CT molecular complexity index is 297. The third-order valence-electron chi connectivity index (χ3n) is 2.63. The maximum absolute atomic E-state index is 11.1. The maximum Gasteiger partial charge on any atom is 0.217 e. The minimum Gasteiger partial charge on any atom is -0.394 e. The fourth-order valence-corrected chi connectivity index (χ4v) is 1.78. The van der Waals surface area contributed by atoms with Crippen molar-refractivity contribution in [1.29, 1.82) is 0 Å². The number of aliphatic hydroxyl groups is 3. The van der Waals surface area contributed by atoms with Gasteiger partial charge in [-0.1, -0.05) is 6.08 Å². The lowest BCUT2D eigenvalue weighted by Crippen LogP contribution is -2.64. The number of amides is 1. The molecule has 0 aromatic rings. The molecule has 1 aliphatic heterocycles. The monoisotopic (exact) mass is 261 g/mol. The molecule has 5 atom stereocenters. The summed E-state index contributed by atoms with van der Waals surface area (Å²) in [6.07, 6.45) is -3.01. The van der Waals surface area contributed by atoms with Crippen LogP contribution in [0.1, 0.15) is 6.92 Å². The third-order valence-corrected chi connectivity index (χ3v) is 2.63. The van der Waals surface area contributed by atoms with Crippen LogP contribution in [-0.4, -0.2) is 65.1 Å². The molecule has 1 saturated heterocycles. The van der Waals surface area contributed by atoms with Crippen LogP contribution < -0.4 is 5.32 Å². The molecule has 1 aliphatic rings. The van der Waals surface area contributed by atoms with Crippen molar-refractivity contribution in [3.63, 3.8) is 0 Å². The molecule has 1 heterocycles. The Labute approximate surface area is 105 Å². The Morgan fingerprint density at radius 1 is 1.50 bits per heavy atom. The first-order valence-corrected chi connectivity index (χ1v) is 5.63. The van der Waals surface area contributed by atoms with E-state index in [4.69, 9.17) is 14.6 Å². The number of hydrogen-bond acceptors (Lipinski definition) is 6. The highest BCUT2D eigenvalue weighted by Crippen LogP contribution is 2.22. The SMILES string of the molecule is C=CCO[C@H]1OC(CO)[C@@H](O)C(O)C1NC(C)=O. The summed E-state index contributed by atoms with van der Waals surface area (Å²) in [5.41, 5.74) is 0. The summed E-state index contributed by atoms with van der Waals surface area (Å²) < 4.78 is 10.5. The highest BCUT2D eigenvalue weighted by molar-refractivity contribution is 5.73. The highest BCUT2D eigenvalue weighted by Gasteiger charge is 2.45. The van der Waals surface area contributed by atoms with Crippen molar-refractivity contribution in [2.75, 3.05) is 13.2 Å². The molecule has 0 radical (unpaired) electrons. The van der Waals surface area contributed by atoms with Crippen LogP contribution in [0.2, 0.25) is 0 Å². The lowest BCUT2D eigenvalue weighted by Gasteiger charge is -2.42. The van der Waals surface area contributed by atoms with E-state index in [0.717, 1.165) is 0 Å². The van der Waals surface area contributed by atoms with E-state index in [0.29, 0.717) is 0 Å². The Kier molecular flexibility index (Phi) is 5.70. The van der Waals surface area contributed by atoms with Gasteiger partial charge in [0.2, 0.25) is 5.91 Å². The molecular formula is C11H19NO6. The summed E-state index contributed by atoms with van der Waals surface area (Å²) in [4.78, 5) is 11.1. The van der Waals surface area contributed by atoms with Gasteiger partial charge in [-0.2, -0.15) is 0 Å². The van der Waals surface area contributed by atoms with Gasteiger partial charge in [0.05, 0.1) is 13.2 Å². The van der Waals surface area contributed by atoms with Gasteiger partial charge in [0.1, 0.15) is 24.4 Å². The van der Waals surface area contributed by atoms with E-state index in [9.17, 15) is 15.0 Å². The summed E-state index contributed by atoms with van der Waals surface area (Å²) in [5.74, 6) is -0.385. The van der Waals surface area contributed by atoms with Crippen molar-refractivity contribution in [2.45, 2.75) is 37.6 Å². The molecule has 104 valence electrons. The van der Waals surface area contributed by atoms with Gasteiger partial charge < -0.3 is 30.1 Å². The van der Waals surface area contributed by atoms with Gasteiger partial charge in [0, 0.05) is 6.92 Å². The summed E-state index contributed by atoms with van der Waals surface area (Å²) in [7, 11) is 0. The van der Waals surface area contributed by atoms with Crippen LogP contribution in [0.3, 0.4) is 0 Å². The minimum absolute atomic E-state index is 0.154. The predicted octanol–water partition coefficient (Wildman–Crippen LogP) is -1.87. The van der Waals surface area contributed by atoms with E-state index >= 15 is 0 Å². The fraction of sp³-hybridized carbons (Fsp3) is 0.727. The molecule has 1 fully saturated rings. The highest BCUT2D eigenvalue weighted by atomic mass is 16.7. The topological polar surface area (TPSA) is 108 Å². The second-order valence-electron chi connectivity index (χ2n) is 4.05. The molecule has 18 heavy (non-hydrogen) atoms. The average molecular weight is 261 g/mol. The van der Waals surface area contributed by atoms with Crippen molar-refractivity contribution in [2.24, 2.45) is 0 Å². The molecule has 7 heteroatoms. The van der Waals surface area contributed by atoms with Gasteiger partial charge in [-0.3, -0.25) is 4.79 Å². The van der Waals surface area contributed by atoms with Crippen molar-refractivity contribution >= 4 is 5.91 Å². The van der Waals surface area contributed by atoms with Crippen LogP contribution in [0.4, 0.5) is 0 Å². The second kappa shape index (κ2) is 6.81. The van der Waals surface area contributed by atoms with E-state index in [1.165, 1.54) is 13.0 Å². The van der Waals surface area contributed by atoms with Gasteiger partial charge in [0.25, 0.3) is 0 Å². The molecular weight excluding hydrogens is 242 g/mol. The number of aliphatic hydroxyl groups excluding tert-OH is 3. The van der Waals surface area contributed by atoms with Gasteiger partial charge in [0.15, 0.2) is 6.29 Å². The summed E-state index contributed by atoms with van der Waals surface area (Å²) in [5, 5.41) is 31.1. The standard InChI is InChI=1S/C11H19NO6/c1-3-4-17-11-8(12-6(2)14)10(16)9(15)7(5-13)18-11/h3,7-11,13,15-16H,1,4-5H2,2H3,(H,12,14)/t7?,8?,9-,10?,11+/m1/s1. The van der Waals surface area contributed by atoms with Crippen molar-refractivity contribution < 1.29 is 29.6 Å². The number of hydrogen-bond donors (Lipinski definition) is 4. The molecule has 0 spiro atoms. The van der Waals surface area contributed by atoms with Gasteiger partial charge >= 0.3 is 0 Å². The first-order chi connectivity index (χ1) is 8.51. The third kappa shape index (κ3) is 3.50. The molecule has 0 aliphatic carbocycles. The van der Waals surface area contributed by atoms with Gasteiger partial charge in [-0.15, -0.1) is 6.58 Å². The van der Waals surface area contributed by atoms with Crippen LogP contribution in [0.5, 0.6) is 0 Å². The molecule has 0 bridgehead atoms. The smallest absolute Gasteiger partial charge is 0.217 e. The van der Waals surface area contributed by atoms with Crippen molar-refractivity contribution in [3.05, 3.63) is 12.7 Å². The first-order valence-electron chi connectivity index (χ1n) is 5.63. The first kappa shape index (κ1) is 15.1.